The van der Waals surface area contributed by atoms with E-state index in [1.807, 2.05) is 36.9 Å². The summed E-state index contributed by atoms with van der Waals surface area (Å²) in [4.78, 5) is 24.8. The zero-order chi connectivity index (χ0) is 17.0. The first kappa shape index (κ1) is 17.7. The second kappa shape index (κ2) is 7.79. The van der Waals surface area contributed by atoms with E-state index in [4.69, 9.17) is 5.11 Å². The number of rotatable bonds is 6. The summed E-state index contributed by atoms with van der Waals surface area (Å²) in [6.45, 7) is 4.67. The zero-order valence-electron chi connectivity index (χ0n) is 13.3. The molecule has 7 heteroatoms. The van der Waals surface area contributed by atoms with E-state index >= 15 is 0 Å². The van der Waals surface area contributed by atoms with Gasteiger partial charge in [0.25, 0.3) is 0 Å². The van der Waals surface area contributed by atoms with Crippen molar-refractivity contribution in [1.29, 1.82) is 0 Å². The van der Waals surface area contributed by atoms with Crippen molar-refractivity contribution in [1.82, 2.24) is 10.2 Å². The summed E-state index contributed by atoms with van der Waals surface area (Å²) in [5.74, 6) is -0.815. The summed E-state index contributed by atoms with van der Waals surface area (Å²) in [6.07, 6.45) is 1.56. The number of anilines is 1. The molecule has 6 nitrogen and oxygen atoms in total. The lowest BCUT2D eigenvalue weighted by Crippen LogP contribution is -2.55. The zero-order valence-corrected chi connectivity index (χ0v) is 14.9. The fourth-order valence-electron chi connectivity index (χ4n) is 2.76. The molecule has 1 aromatic carbocycles. The number of carbonyl (C=O) groups is 2. The lowest BCUT2D eigenvalue weighted by Gasteiger charge is -2.42. The summed E-state index contributed by atoms with van der Waals surface area (Å²) < 4.78 is 0.836. The van der Waals surface area contributed by atoms with Crippen LogP contribution in [0.25, 0.3) is 0 Å². The number of hydrogen-bond donors (Lipinski definition) is 3. The van der Waals surface area contributed by atoms with Crippen molar-refractivity contribution in [3.8, 4) is 0 Å². The summed E-state index contributed by atoms with van der Waals surface area (Å²) >= 11 is 3.41. The van der Waals surface area contributed by atoms with Crippen LogP contribution in [0.4, 0.5) is 10.5 Å². The van der Waals surface area contributed by atoms with Crippen LogP contribution in [0.2, 0.25) is 0 Å². The van der Waals surface area contributed by atoms with Crippen molar-refractivity contribution in [2.75, 3.05) is 18.4 Å². The molecule has 1 aromatic rings. The van der Waals surface area contributed by atoms with Crippen molar-refractivity contribution in [2.24, 2.45) is 0 Å². The van der Waals surface area contributed by atoms with Gasteiger partial charge in [0.2, 0.25) is 0 Å². The summed E-state index contributed by atoms with van der Waals surface area (Å²) in [7, 11) is 0. The Kier molecular flexibility index (Phi) is 6.01. The molecule has 3 N–H and O–H groups in total. The highest BCUT2D eigenvalue weighted by Crippen LogP contribution is 2.26. The maximum absolute atomic E-state index is 12.1. The average molecular weight is 384 g/mol. The second-order valence-electron chi connectivity index (χ2n) is 5.86. The Balaban J connectivity index is 1.80. The predicted octanol–water partition coefficient (Wildman–Crippen LogP) is 2.82. The van der Waals surface area contributed by atoms with E-state index < -0.39 is 5.97 Å². The highest BCUT2D eigenvalue weighted by molar-refractivity contribution is 9.10. The Labute approximate surface area is 144 Å². The van der Waals surface area contributed by atoms with Crippen molar-refractivity contribution in [2.45, 2.75) is 38.8 Å². The number of carboxylic acid groups (broad SMARTS) is 1. The van der Waals surface area contributed by atoms with Gasteiger partial charge < -0.3 is 15.7 Å². The number of amides is 2. The van der Waals surface area contributed by atoms with Crippen molar-refractivity contribution >= 4 is 33.6 Å². The molecule has 0 unspecified atom stereocenters. The smallest absolute Gasteiger partial charge is 0.319 e. The third-order valence-electron chi connectivity index (χ3n) is 4.08. The SMILES string of the molecule is CCN(CC(=O)O)C1CC(NC(=O)Nc2cc(C)ccc2Br)C1. The molecule has 1 aliphatic rings. The number of nitrogens with one attached hydrogen (secondary N) is 2. The van der Waals surface area contributed by atoms with Gasteiger partial charge in [0.1, 0.15) is 0 Å². The average Bonchev–Trinajstić information content (AvgIpc) is 2.44. The minimum Gasteiger partial charge on any atom is -0.480 e. The normalized spacial score (nSPS) is 20.0. The van der Waals surface area contributed by atoms with E-state index in [-0.39, 0.29) is 24.7 Å². The van der Waals surface area contributed by atoms with E-state index in [1.54, 1.807) is 0 Å². The Morgan fingerprint density at radius 2 is 2.09 bits per heavy atom. The molecule has 1 saturated carbocycles. The molecule has 0 heterocycles. The summed E-state index contributed by atoms with van der Waals surface area (Å²) in [6, 6.07) is 5.85. The predicted molar refractivity (Wildman–Crippen MR) is 92.7 cm³/mol. The second-order valence-corrected chi connectivity index (χ2v) is 6.72. The van der Waals surface area contributed by atoms with Crippen LogP contribution >= 0.6 is 15.9 Å². The molecule has 1 fully saturated rings. The number of hydrogen-bond acceptors (Lipinski definition) is 3. The van der Waals surface area contributed by atoms with Crippen LogP contribution in [-0.4, -0.2) is 47.2 Å². The van der Waals surface area contributed by atoms with Crippen LogP contribution in [0.3, 0.4) is 0 Å². The molecule has 0 aromatic heterocycles. The number of likely N-dealkylation sites (N-methyl/N-ethyl adjacent to an activating group) is 1. The van der Waals surface area contributed by atoms with Crippen LogP contribution in [0.15, 0.2) is 22.7 Å². The quantitative estimate of drug-likeness (QED) is 0.705. The number of benzene rings is 1. The lowest BCUT2D eigenvalue weighted by atomic mass is 9.85. The van der Waals surface area contributed by atoms with E-state index in [0.717, 1.165) is 28.6 Å². The molecule has 0 atom stereocenters. The minimum atomic E-state index is -0.815. The number of halogens is 1. The van der Waals surface area contributed by atoms with E-state index in [0.29, 0.717) is 6.54 Å². The first-order chi connectivity index (χ1) is 10.9. The lowest BCUT2D eigenvalue weighted by molar-refractivity contribution is -0.139. The first-order valence-corrected chi connectivity index (χ1v) is 8.47. The van der Waals surface area contributed by atoms with Crippen molar-refractivity contribution < 1.29 is 14.7 Å². The van der Waals surface area contributed by atoms with Crippen LogP contribution in [0, 0.1) is 6.92 Å². The highest BCUT2D eigenvalue weighted by atomic mass is 79.9. The van der Waals surface area contributed by atoms with Gasteiger partial charge in [-0.2, -0.15) is 0 Å². The Bertz CT molecular complexity index is 588. The number of urea groups is 1. The van der Waals surface area contributed by atoms with Gasteiger partial charge in [0, 0.05) is 16.6 Å². The summed E-state index contributed by atoms with van der Waals surface area (Å²) in [5.41, 5.74) is 1.80. The maximum Gasteiger partial charge on any atom is 0.319 e. The molecule has 0 spiro atoms. The molecule has 23 heavy (non-hydrogen) atoms. The van der Waals surface area contributed by atoms with Gasteiger partial charge in [-0.25, -0.2) is 4.79 Å². The van der Waals surface area contributed by atoms with E-state index in [1.165, 1.54) is 0 Å². The van der Waals surface area contributed by atoms with E-state index in [2.05, 4.69) is 26.6 Å². The fourth-order valence-corrected chi connectivity index (χ4v) is 3.10. The van der Waals surface area contributed by atoms with Gasteiger partial charge in [0.05, 0.1) is 12.2 Å². The van der Waals surface area contributed by atoms with Crippen LogP contribution in [-0.2, 0) is 4.79 Å². The Morgan fingerprint density at radius 3 is 2.70 bits per heavy atom. The Hall–Kier alpha value is -1.60. The van der Waals surface area contributed by atoms with E-state index in [9.17, 15) is 9.59 Å². The van der Waals surface area contributed by atoms with Gasteiger partial charge in [-0.15, -0.1) is 0 Å². The molecule has 0 saturated heterocycles. The first-order valence-electron chi connectivity index (χ1n) is 7.68. The molecular weight excluding hydrogens is 362 g/mol. The number of carbonyl (C=O) groups excluding carboxylic acids is 1. The third kappa shape index (κ3) is 4.94. The molecule has 0 aliphatic heterocycles. The molecule has 126 valence electrons. The third-order valence-corrected chi connectivity index (χ3v) is 4.77. The maximum atomic E-state index is 12.1. The molecular formula is C16H22BrN3O3. The molecule has 0 radical (unpaired) electrons. The Morgan fingerprint density at radius 1 is 1.39 bits per heavy atom. The molecule has 0 bridgehead atoms. The highest BCUT2D eigenvalue weighted by Gasteiger charge is 2.34. The van der Waals surface area contributed by atoms with Crippen molar-refractivity contribution in [3.05, 3.63) is 28.2 Å². The van der Waals surface area contributed by atoms with Gasteiger partial charge in [0.15, 0.2) is 0 Å². The number of carboxylic acids is 1. The van der Waals surface area contributed by atoms with Gasteiger partial charge >= 0.3 is 12.0 Å². The van der Waals surface area contributed by atoms with Crippen molar-refractivity contribution in [3.63, 3.8) is 0 Å². The minimum absolute atomic E-state index is 0.0519. The van der Waals surface area contributed by atoms with Gasteiger partial charge in [-0.05, 0) is 59.9 Å². The fraction of sp³-hybridized carbons (Fsp3) is 0.500. The van der Waals surface area contributed by atoms with Gasteiger partial charge in [-0.3, -0.25) is 9.69 Å². The van der Waals surface area contributed by atoms with Crippen LogP contribution in [0.1, 0.15) is 25.3 Å². The summed E-state index contributed by atoms with van der Waals surface area (Å²) in [5, 5.41) is 14.6. The van der Waals surface area contributed by atoms with Gasteiger partial charge in [-0.1, -0.05) is 13.0 Å². The topological polar surface area (TPSA) is 81.7 Å². The molecule has 1 aliphatic carbocycles. The number of aryl methyl sites for hydroxylation is 1. The number of aliphatic carboxylic acids is 1. The molecule has 2 rings (SSSR count). The monoisotopic (exact) mass is 383 g/mol. The largest absolute Gasteiger partial charge is 0.480 e. The van der Waals surface area contributed by atoms with Crippen LogP contribution < -0.4 is 10.6 Å². The standard InChI is InChI=1S/C16H22BrN3O3/c1-3-20(9-15(21)22)12-7-11(8-12)18-16(23)19-14-6-10(2)4-5-13(14)17/h4-6,11-12H,3,7-9H2,1-2H3,(H,21,22)(H2,18,19,23). The number of nitrogens with zero attached hydrogens (tertiary/aromatic N) is 1. The molecule has 2 amide bonds. The van der Waals surface area contributed by atoms with Crippen LogP contribution in [0.5, 0.6) is 0 Å².